The molecule has 15 heavy (non-hydrogen) atoms. The monoisotopic (exact) mass is 234 g/mol. The van der Waals surface area contributed by atoms with E-state index in [-0.39, 0.29) is 6.42 Å². The molecule has 0 atom stereocenters. The normalized spacial score (nSPS) is 10.0. The van der Waals surface area contributed by atoms with Crippen molar-refractivity contribution in [1.29, 1.82) is 0 Å². The first kappa shape index (κ1) is 14.4. The van der Waals surface area contributed by atoms with Gasteiger partial charge in [-0.05, 0) is 19.3 Å². The van der Waals surface area contributed by atoms with Crippen molar-refractivity contribution in [1.82, 2.24) is 0 Å². The van der Waals surface area contributed by atoms with Gasteiger partial charge in [0.1, 0.15) is 0 Å². The zero-order valence-electron chi connectivity index (χ0n) is 9.26. The lowest BCUT2D eigenvalue weighted by atomic mass is 10.1. The minimum Gasteiger partial charge on any atom is -0.460 e. The van der Waals surface area contributed by atoms with Crippen LogP contribution in [0.2, 0.25) is 0 Å². The lowest BCUT2D eigenvalue weighted by molar-refractivity contribution is -0.154. The highest BCUT2D eigenvalue weighted by molar-refractivity contribution is 6.33. The molecule has 4 heteroatoms. The summed E-state index contributed by atoms with van der Waals surface area (Å²) in [6.45, 7) is 2.35. The third-order valence-electron chi connectivity index (χ3n) is 2.00. The van der Waals surface area contributed by atoms with Crippen LogP contribution >= 0.6 is 11.6 Å². The number of hydrogen-bond acceptors (Lipinski definition) is 3. The molecule has 0 rings (SSSR count). The van der Waals surface area contributed by atoms with Gasteiger partial charge in [0.25, 0.3) is 0 Å². The van der Waals surface area contributed by atoms with Crippen LogP contribution in [0.15, 0.2) is 0 Å². The Morgan fingerprint density at radius 2 is 1.87 bits per heavy atom. The predicted octanol–water partition coefficient (Wildman–Crippen LogP) is 2.70. The van der Waals surface area contributed by atoms with Crippen molar-refractivity contribution in [3.05, 3.63) is 0 Å². The summed E-state index contributed by atoms with van der Waals surface area (Å²) in [5.74, 6) is -0.496. The fraction of sp³-hybridized carbons (Fsp3) is 0.818. The van der Waals surface area contributed by atoms with E-state index < -0.39 is 11.8 Å². The minimum absolute atomic E-state index is 0.280. The van der Waals surface area contributed by atoms with Crippen LogP contribution in [-0.4, -0.2) is 24.2 Å². The summed E-state index contributed by atoms with van der Waals surface area (Å²) in [6.07, 6.45) is 4.54. The van der Waals surface area contributed by atoms with E-state index in [2.05, 4.69) is 0 Å². The first-order valence-electron chi connectivity index (χ1n) is 5.48. The zero-order chi connectivity index (χ0) is 11.5. The predicted molar refractivity (Wildman–Crippen MR) is 60.1 cm³/mol. The number of rotatable bonds is 9. The standard InChI is InChI=1S/C11H19ClO3/c1-2-3-9-15-11(14)10(13)7-5-4-6-8-12/h2-9H2,1H3. The van der Waals surface area contributed by atoms with Gasteiger partial charge in [-0.25, -0.2) is 4.79 Å². The molecule has 0 aromatic rings. The average molecular weight is 235 g/mol. The quantitative estimate of drug-likeness (QED) is 0.267. The van der Waals surface area contributed by atoms with E-state index in [0.717, 1.165) is 25.7 Å². The van der Waals surface area contributed by atoms with Gasteiger partial charge < -0.3 is 4.74 Å². The van der Waals surface area contributed by atoms with Crippen LogP contribution in [0.4, 0.5) is 0 Å². The van der Waals surface area contributed by atoms with E-state index in [9.17, 15) is 9.59 Å². The highest BCUT2D eigenvalue weighted by Gasteiger charge is 2.13. The first-order chi connectivity index (χ1) is 7.22. The number of esters is 1. The van der Waals surface area contributed by atoms with Crippen LogP contribution in [-0.2, 0) is 14.3 Å². The van der Waals surface area contributed by atoms with Crippen molar-refractivity contribution in [2.75, 3.05) is 12.5 Å². The van der Waals surface area contributed by atoms with Crippen LogP contribution in [0.5, 0.6) is 0 Å². The molecule has 0 radical (unpaired) electrons. The van der Waals surface area contributed by atoms with Crippen LogP contribution < -0.4 is 0 Å². The third-order valence-corrected chi connectivity index (χ3v) is 2.26. The highest BCUT2D eigenvalue weighted by atomic mass is 35.5. The topological polar surface area (TPSA) is 43.4 Å². The third kappa shape index (κ3) is 8.43. The van der Waals surface area contributed by atoms with Crippen molar-refractivity contribution in [3.63, 3.8) is 0 Å². The molecule has 88 valence electrons. The van der Waals surface area contributed by atoms with Crippen molar-refractivity contribution in [3.8, 4) is 0 Å². The van der Waals surface area contributed by atoms with Crippen molar-refractivity contribution in [2.45, 2.75) is 45.4 Å². The summed E-state index contributed by atoms with van der Waals surface area (Å²) in [7, 11) is 0. The Morgan fingerprint density at radius 3 is 2.47 bits per heavy atom. The molecule has 0 N–H and O–H groups in total. The second kappa shape index (κ2) is 9.97. The Labute approximate surface area is 96.1 Å². The minimum atomic E-state index is -0.686. The lowest BCUT2D eigenvalue weighted by Crippen LogP contribution is -2.17. The molecule has 0 saturated carbocycles. The molecule has 0 aromatic carbocycles. The number of alkyl halides is 1. The number of hydrogen-bond donors (Lipinski definition) is 0. The fourth-order valence-electron chi connectivity index (χ4n) is 1.05. The largest absolute Gasteiger partial charge is 0.460 e. The van der Waals surface area contributed by atoms with Gasteiger partial charge in [-0.2, -0.15) is 0 Å². The summed E-state index contributed by atoms with van der Waals surface area (Å²) >= 11 is 5.49. The molecule has 0 saturated heterocycles. The number of carbonyl (C=O) groups excluding carboxylic acids is 2. The van der Waals surface area contributed by atoms with Gasteiger partial charge in [0.2, 0.25) is 5.78 Å². The van der Waals surface area contributed by atoms with Gasteiger partial charge in [0.15, 0.2) is 0 Å². The molecule has 0 bridgehead atoms. The number of carbonyl (C=O) groups is 2. The van der Waals surface area contributed by atoms with E-state index in [1.54, 1.807) is 0 Å². The van der Waals surface area contributed by atoms with E-state index >= 15 is 0 Å². The number of unbranched alkanes of at least 4 members (excludes halogenated alkanes) is 3. The molecule has 0 aromatic heterocycles. The molecule has 3 nitrogen and oxygen atoms in total. The maximum Gasteiger partial charge on any atom is 0.374 e. The smallest absolute Gasteiger partial charge is 0.374 e. The van der Waals surface area contributed by atoms with Gasteiger partial charge >= 0.3 is 5.97 Å². The molecule has 0 amide bonds. The zero-order valence-corrected chi connectivity index (χ0v) is 10.0. The van der Waals surface area contributed by atoms with Gasteiger partial charge in [0, 0.05) is 12.3 Å². The molecular formula is C11H19ClO3. The number of ketones is 1. The molecule has 0 fully saturated rings. The van der Waals surface area contributed by atoms with E-state index in [4.69, 9.17) is 16.3 Å². The van der Waals surface area contributed by atoms with E-state index in [0.29, 0.717) is 18.9 Å². The molecule has 0 heterocycles. The van der Waals surface area contributed by atoms with E-state index in [1.807, 2.05) is 6.92 Å². The molecule has 0 unspecified atom stereocenters. The van der Waals surface area contributed by atoms with Gasteiger partial charge in [-0.15, -0.1) is 11.6 Å². The second-order valence-electron chi connectivity index (χ2n) is 3.41. The van der Waals surface area contributed by atoms with Crippen LogP contribution in [0, 0.1) is 0 Å². The van der Waals surface area contributed by atoms with Crippen molar-refractivity contribution < 1.29 is 14.3 Å². The van der Waals surface area contributed by atoms with Gasteiger partial charge in [-0.1, -0.05) is 19.8 Å². The Hall–Kier alpha value is -0.570. The summed E-state index contributed by atoms with van der Waals surface area (Å²) < 4.78 is 4.79. The second-order valence-corrected chi connectivity index (χ2v) is 3.79. The van der Waals surface area contributed by atoms with Gasteiger partial charge in [-0.3, -0.25) is 4.79 Å². The Kier molecular flexibility index (Phi) is 9.59. The highest BCUT2D eigenvalue weighted by Crippen LogP contribution is 2.02. The molecule has 0 spiro atoms. The number of Topliss-reactive ketones (excluding diaryl/α,β-unsaturated/α-hetero) is 1. The number of ether oxygens (including phenoxy) is 1. The summed E-state index contributed by atoms with van der Waals surface area (Å²) in [5.41, 5.74) is 0. The van der Waals surface area contributed by atoms with Crippen LogP contribution in [0.3, 0.4) is 0 Å². The van der Waals surface area contributed by atoms with Gasteiger partial charge in [0.05, 0.1) is 6.61 Å². The van der Waals surface area contributed by atoms with Crippen LogP contribution in [0.25, 0.3) is 0 Å². The summed E-state index contributed by atoms with van der Waals surface area (Å²) in [4.78, 5) is 22.3. The molecule has 0 aliphatic rings. The SMILES string of the molecule is CCCCOC(=O)C(=O)CCCCCCl. The molecule has 0 aliphatic heterocycles. The maximum atomic E-state index is 11.2. The lowest BCUT2D eigenvalue weighted by Gasteiger charge is -2.02. The average Bonchev–Trinajstić information content (AvgIpc) is 2.24. The maximum absolute atomic E-state index is 11.2. The van der Waals surface area contributed by atoms with Crippen molar-refractivity contribution >= 4 is 23.4 Å². The Morgan fingerprint density at radius 1 is 1.13 bits per heavy atom. The summed E-state index contributed by atoms with van der Waals surface area (Å²) in [5, 5.41) is 0. The first-order valence-corrected chi connectivity index (χ1v) is 6.01. The van der Waals surface area contributed by atoms with Crippen molar-refractivity contribution in [2.24, 2.45) is 0 Å². The summed E-state index contributed by atoms with van der Waals surface area (Å²) in [6, 6.07) is 0. The fourth-order valence-corrected chi connectivity index (χ4v) is 1.24. The Balaban J connectivity index is 3.47. The number of halogens is 1. The Bertz CT molecular complexity index is 192. The molecular weight excluding hydrogens is 216 g/mol. The van der Waals surface area contributed by atoms with E-state index in [1.165, 1.54) is 0 Å². The molecule has 0 aliphatic carbocycles. The van der Waals surface area contributed by atoms with Crippen LogP contribution in [0.1, 0.15) is 45.4 Å².